The lowest BCUT2D eigenvalue weighted by atomic mass is 10.2. The van der Waals surface area contributed by atoms with Crippen LogP contribution in [-0.2, 0) is 9.53 Å². The molecule has 1 fully saturated rings. The Balaban J connectivity index is 1.88. The molecule has 1 aromatic rings. The molecule has 28 heavy (non-hydrogen) atoms. The van der Waals surface area contributed by atoms with Gasteiger partial charge in [-0.1, -0.05) is 13.8 Å². The summed E-state index contributed by atoms with van der Waals surface area (Å²) in [7, 11) is 0. The van der Waals surface area contributed by atoms with Crippen molar-refractivity contribution in [2.45, 2.75) is 27.2 Å². The minimum atomic E-state index is -0.340. The molecule has 3 amide bonds. The number of ether oxygens (including phenoxy) is 1. The molecule has 0 aromatic carbocycles. The fourth-order valence-electron chi connectivity index (χ4n) is 3.03. The monoisotopic (exact) mass is 391 g/mol. The number of hydrogen-bond acceptors (Lipinski definition) is 6. The van der Waals surface area contributed by atoms with Crippen molar-refractivity contribution < 1.29 is 19.1 Å². The minimum absolute atomic E-state index is 0.0239. The van der Waals surface area contributed by atoms with Gasteiger partial charge in [0.05, 0.1) is 12.8 Å². The Kier molecular flexibility index (Phi) is 8.16. The van der Waals surface area contributed by atoms with Gasteiger partial charge in [-0.2, -0.15) is 0 Å². The smallest absolute Gasteiger partial charge is 0.409 e. The van der Waals surface area contributed by atoms with Crippen molar-refractivity contribution in [3.63, 3.8) is 0 Å². The highest BCUT2D eigenvalue weighted by atomic mass is 16.6. The van der Waals surface area contributed by atoms with Crippen LogP contribution in [0, 0.1) is 5.92 Å². The summed E-state index contributed by atoms with van der Waals surface area (Å²) in [5.41, 5.74) is 0.277. The molecule has 2 heterocycles. The number of piperazine rings is 1. The average Bonchev–Trinajstić information content (AvgIpc) is 2.71. The Hall–Kier alpha value is -2.71. The summed E-state index contributed by atoms with van der Waals surface area (Å²) in [5.74, 6) is 0.0230. The van der Waals surface area contributed by atoms with Crippen LogP contribution in [-0.4, -0.2) is 88.5 Å². The maximum absolute atomic E-state index is 12.7. The normalized spacial score (nSPS) is 14.1. The van der Waals surface area contributed by atoms with Gasteiger partial charge < -0.3 is 19.4 Å². The fraction of sp³-hybridized carbons (Fsp3) is 0.632. The highest BCUT2D eigenvalue weighted by Gasteiger charge is 2.26. The molecule has 9 nitrogen and oxygen atoms in total. The number of hydrogen-bond donors (Lipinski definition) is 0. The van der Waals surface area contributed by atoms with Crippen LogP contribution in [0.1, 0.15) is 37.7 Å². The van der Waals surface area contributed by atoms with E-state index < -0.39 is 0 Å². The second kappa shape index (κ2) is 10.6. The van der Waals surface area contributed by atoms with Crippen molar-refractivity contribution in [1.29, 1.82) is 0 Å². The van der Waals surface area contributed by atoms with Crippen LogP contribution >= 0.6 is 0 Å². The van der Waals surface area contributed by atoms with E-state index >= 15 is 0 Å². The predicted molar refractivity (Wildman–Crippen MR) is 103 cm³/mol. The molecule has 154 valence electrons. The molecule has 0 atom stereocenters. The van der Waals surface area contributed by atoms with E-state index in [-0.39, 0.29) is 35.9 Å². The summed E-state index contributed by atoms with van der Waals surface area (Å²) in [6.07, 6.45) is 4.33. The van der Waals surface area contributed by atoms with Crippen LogP contribution in [0.2, 0.25) is 0 Å². The number of carbonyl (C=O) groups excluding carboxylic acids is 3. The van der Waals surface area contributed by atoms with Crippen LogP contribution in [0.25, 0.3) is 0 Å². The van der Waals surface area contributed by atoms with E-state index in [1.165, 1.54) is 18.6 Å². The molecule has 1 aliphatic rings. The van der Waals surface area contributed by atoms with Gasteiger partial charge in [0.2, 0.25) is 5.91 Å². The van der Waals surface area contributed by atoms with Gasteiger partial charge in [-0.05, 0) is 12.8 Å². The first-order chi connectivity index (χ1) is 13.4. The second-order valence-electron chi connectivity index (χ2n) is 7.05. The number of rotatable bonds is 7. The summed E-state index contributed by atoms with van der Waals surface area (Å²) in [6, 6.07) is 0. The lowest BCUT2D eigenvalue weighted by Crippen LogP contribution is -2.51. The first-order valence-electron chi connectivity index (χ1n) is 9.67. The molecule has 0 bridgehead atoms. The van der Waals surface area contributed by atoms with E-state index in [1.807, 2.05) is 13.8 Å². The minimum Gasteiger partial charge on any atom is -0.450 e. The SMILES string of the molecule is CCOC(=O)N1CCN(C(=O)CCN(CC(C)C)C(=O)c2cnccn2)CC1. The Morgan fingerprint density at radius 3 is 2.39 bits per heavy atom. The number of aromatic nitrogens is 2. The van der Waals surface area contributed by atoms with Crippen LogP contribution in [0.15, 0.2) is 18.6 Å². The van der Waals surface area contributed by atoms with Gasteiger partial charge in [-0.3, -0.25) is 14.6 Å². The summed E-state index contributed by atoms with van der Waals surface area (Å²) < 4.78 is 4.99. The standard InChI is InChI=1S/C19H29N5O4/c1-4-28-19(27)23-11-9-22(10-12-23)17(25)5-8-24(14-15(2)3)18(26)16-13-20-6-7-21-16/h6-7,13,15H,4-5,8-12,14H2,1-3H3. The molecule has 0 N–H and O–H groups in total. The van der Waals surface area contributed by atoms with Gasteiger partial charge in [-0.15, -0.1) is 0 Å². The zero-order valence-electron chi connectivity index (χ0n) is 16.8. The zero-order chi connectivity index (χ0) is 20.5. The Morgan fingerprint density at radius 1 is 1.14 bits per heavy atom. The fourth-order valence-corrected chi connectivity index (χ4v) is 3.03. The van der Waals surface area contributed by atoms with Gasteiger partial charge in [0.15, 0.2) is 0 Å². The quantitative estimate of drug-likeness (QED) is 0.694. The summed E-state index contributed by atoms with van der Waals surface area (Å²) >= 11 is 0. The van der Waals surface area contributed by atoms with Gasteiger partial charge in [-0.25, -0.2) is 9.78 Å². The van der Waals surface area contributed by atoms with Crippen LogP contribution in [0.4, 0.5) is 4.79 Å². The summed E-state index contributed by atoms with van der Waals surface area (Å²) in [4.78, 5) is 50.0. The van der Waals surface area contributed by atoms with E-state index in [0.29, 0.717) is 45.9 Å². The van der Waals surface area contributed by atoms with Gasteiger partial charge >= 0.3 is 6.09 Å². The first kappa shape index (κ1) is 21.6. The van der Waals surface area contributed by atoms with E-state index in [0.717, 1.165) is 0 Å². The largest absolute Gasteiger partial charge is 0.450 e. The molecular formula is C19H29N5O4. The molecule has 2 rings (SSSR count). The van der Waals surface area contributed by atoms with Crippen LogP contribution in [0.5, 0.6) is 0 Å². The van der Waals surface area contributed by atoms with E-state index in [1.54, 1.807) is 21.6 Å². The average molecular weight is 391 g/mol. The molecule has 1 aliphatic heterocycles. The van der Waals surface area contributed by atoms with Gasteiger partial charge in [0.25, 0.3) is 5.91 Å². The topological polar surface area (TPSA) is 95.9 Å². The van der Waals surface area contributed by atoms with E-state index in [4.69, 9.17) is 4.74 Å². The van der Waals surface area contributed by atoms with E-state index in [2.05, 4.69) is 9.97 Å². The lowest BCUT2D eigenvalue weighted by Gasteiger charge is -2.34. The Bertz CT molecular complexity index is 660. The Morgan fingerprint density at radius 2 is 1.82 bits per heavy atom. The highest BCUT2D eigenvalue weighted by Crippen LogP contribution is 2.09. The van der Waals surface area contributed by atoms with Crippen LogP contribution < -0.4 is 0 Å². The summed E-state index contributed by atoms with van der Waals surface area (Å²) in [5, 5.41) is 0. The maximum atomic E-state index is 12.7. The third-order valence-electron chi connectivity index (χ3n) is 4.41. The molecule has 0 unspecified atom stereocenters. The molecule has 1 aromatic heterocycles. The van der Waals surface area contributed by atoms with Crippen molar-refractivity contribution in [2.24, 2.45) is 5.92 Å². The molecule has 9 heteroatoms. The first-order valence-corrected chi connectivity index (χ1v) is 9.67. The molecule has 0 saturated carbocycles. The number of amides is 3. The van der Waals surface area contributed by atoms with Crippen molar-refractivity contribution >= 4 is 17.9 Å². The predicted octanol–water partition coefficient (Wildman–Crippen LogP) is 1.27. The second-order valence-corrected chi connectivity index (χ2v) is 7.05. The third kappa shape index (κ3) is 6.17. The Labute approximate surface area is 165 Å². The number of nitrogens with zero attached hydrogens (tertiary/aromatic N) is 5. The molecule has 0 aliphatic carbocycles. The summed E-state index contributed by atoms with van der Waals surface area (Å²) in [6.45, 7) is 8.87. The lowest BCUT2D eigenvalue weighted by molar-refractivity contribution is -0.133. The van der Waals surface area contributed by atoms with Crippen molar-refractivity contribution in [1.82, 2.24) is 24.7 Å². The highest BCUT2D eigenvalue weighted by molar-refractivity contribution is 5.92. The maximum Gasteiger partial charge on any atom is 0.409 e. The van der Waals surface area contributed by atoms with Crippen molar-refractivity contribution in [2.75, 3.05) is 45.9 Å². The third-order valence-corrected chi connectivity index (χ3v) is 4.41. The van der Waals surface area contributed by atoms with Crippen LogP contribution in [0.3, 0.4) is 0 Å². The molecule has 1 saturated heterocycles. The van der Waals surface area contributed by atoms with Crippen molar-refractivity contribution in [3.8, 4) is 0 Å². The molecule has 0 spiro atoms. The molecule has 0 radical (unpaired) electrons. The van der Waals surface area contributed by atoms with Gasteiger partial charge in [0, 0.05) is 58.1 Å². The van der Waals surface area contributed by atoms with Crippen molar-refractivity contribution in [3.05, 3.63) is 24.3 Å². The zero-order valence-corrected chi connectivity index (χ0v) is 16.8. The number of carbonyl (C=O) groups is 3. The van der Waals surface area contributed by atoms with E-state index in [9.17, 15) is 14.4 Å². The van der Waals surface area contributed by atoms with Gasteiger partial charge in [0.1, 0.15) is 5.69 Å². The molecular weight excluding hydrogens is 362 g/mol.